The summed E-state index contributed by atoms with van der Waals surface area (Å²) in [4.78, 5) is 11.1. The minimum absolute atomic E-state index is 0.151. The van der Waals surface area contributed by atoms with Crippen molar-refractivity contribution in [2.24, 2.45) is 0 Å². The van der Waals surface area contributed by atoms with Crippen molar-refractivity contribution in [3.63, 3.8) is 0 Å². The average molecular weight is 202 g/mol. The summed E-state index contributed by atoms with van der Waals surface area (Å²) in [5.41, 5.74) is 0. The highest BCUT2D eigenvalue weighted by atomic mass is 16.5. The summed E-state index contributed by atoms with van der Waals surface area (Å²) in [6.45, 7) is 7.65. The van der Waals surface area contributed by atoms with E-state index in [9.17, 15) is 4.79 Å². The number of carbonyl (C=O) groups is 1. The molecule has 0 rings (SSSR count). The zero-order valence-corrected chi connectivity index (χ0v) is 9.54. The lowest BCUT2D eigenvalue weighted by Gasteiger charge is -2.10. The number of ether oxygens (including phenoxy) is 2. The quantitative estimate of drug-likeness (QED) is 0.538. The summed E-state index contributed by atoms with van der Waals surface area (Å²) in [6.07, 6.45) is 2.49. The molecule has 14 heavy (non-hydrogen) atoms. The Hall–Kier alpha value is -0.410. The standard InChI is InChI=1S/C11H22O3/c1-4-6-7-13-8-9-14-10(3)11(12)5-2/h10H,4-9H2,1-3H3. The molecule has 1 atom stereocenters. The zero-order valence-electron chi connectivity index (χ0n) is 9.54. The first kappa shape index (κ1) is 13.6. The van der Waals surface area contributed by atoms with E-state index in [-0.39, 0.29) is 11.9 Å². The van der Waals surface area contributed by atoms with Gasteiger partial charge in [0.15, 0.2) is 5.78 Å². The van der Waals surface area contributed by atoms with E-state index in [0.29, 0.717) is 19.6 Å². The van der Waals surface area contributed by atoms with Crippen molar-refractivity contribution in [1.29, 1.82) is 0 Å². The van der Waals surface area contributed by atoms with Gasteiger partial charge in [-0.3, -0.25) is 4.79 Å². The fourth-order valence-electron chi connectivity index (χ4n) is 1.01. The van der Waals surface area contributed by atoms with Crippen molar-refractivity contribution in [2.45, 2.75) is 46.1 Å². The van der Waals surface area contributed by atoms with Crippen LogP contribution in [0, 0.1) is 0 Å². The SMILES string of the molecule is CCCCOCCOC(C)C(=O)CC. The van der Waals surface area contributed by atoms with Crippen molar-refractivity contribution in [3.05, 3.63) is 0 Å². The molecule has 1 unspecified atom stereocenters. The van der Waals surface area contributed by atoms with Crippen LogP contribution in [0.15, 0.2) is 0 Å². The van der Waals surface area contributed by atoms with Crippen LogP contribution in [0.5, 0.6) is 0 Å². The molecule has 0 spiro atoms. The first-order valence-corrected chi connectivity index (χ1v) is 5.44. The predicted molar refractivity (Wildman–Crippen MR) is 56.4 cm³/mol. The third-order valence-corrected chi connectivity index (χ3v) is 2.04. The molecule has 0 saturated heterocycles. The van der Waals surface area contributed by atoms with Crippen LogP contribution < -0.4 is 0 Å². The van der Waals surface area contributed by atoms with E-state index < -0.39 is 0 Å². The molecule has 3 heteroatoms. The molecular formula is C11H22O3. The molecule has 84 valence electrons. The maximum absolute atomic E-state index is 11.1. The summed E-state index contributed by atoms with van der Waals surface area (Å²) in [6, 6.07) is 0. The van der Waals surface area contributed by atoms with Gasteiger partial charge in [0, 0.05) is 13.0 Å². The fourth-order valence-corrected chi connectivity index (χ4v) is 1.01. The second kappa shape index (κ2) is 9.16. The van der Waals surface area contributed by atoms with Gasteiger partial charge in [0.1, 0.15) is 6.10 Å². The normalized spacial score (nSPS) is 12.8. The number of ketones is 1. The van der Waals surface area contributed by atoms with Crippen LogP contribution in [-0.2, 0) is 14.3 Å². The van der Waals surface area contributed by atoms with Gasteiger partial charge in [0.05, 0.1) is 13.2 Å². The summed E-state index contributed by atoms with van der Waals surface area (Å²) >= 11 is 0. The average Bonchev–Trinajstić information content (AvgIpc) is 2.21. The second-order valence-electron chi connectivity index (χ2n) is 3.30. The molecule has 3 nitrogen and oxygen atoms in total. The van der Waals surface area contributed by atoms with Crippen molar-refractivity contribution in [1.82, 2.24) is 0 Å². The summed E-state index contributed by atoms with van der Waals surface area (Å²) in [7, 11) is 0. The lowest BCUT2D eigenvalue weighted by molar-refractivity contribution is -0.130. The minimum atomic E-state index is -0.283. The maximum Gasteiger partial charge on any atom is 0.160 e. The number of unbranched alkanes of at least 4 members (excludes halogenated alkanes) is 1. The molecule has 0 radical (unpaired) electrons. The Balaban J connectivity index is 3.23. The first-order valence-electron chi connectivity index (χ1n) is 5.44. The van der Waals surface area contributed by atoms with Gasteiger partial charge in [0.25, 0.3) is 0 Å². The van der Waals surface area contributed by atoms with Crippen molar-refractivity contribution in [2.75, 3.05) is 19.8 Å². The smallest absolute Gasteiger partial charge is 0.160 e. The molecule has 0 N–H and O–H groups in total. The monoisotopic (exact) mass is 202 g/mol. The molecule has 0 aliphatic carbocycles. The van der Waals surface area contributed by atoms with Crippen LogP contribution >= 0.6 is 0 Å². The largest absolute Gasteiger partial charge is 0.379 e. The number of hydrogen-bond donors (Lipinski definition) is 0. The predicted octanol–water partition coefficient (Wildman–Crippen LogP) is 2.19. The Morgan fingerprint density at radius 1 is 1.21 bits per heavy atom. The molecule has 0 fully saturated rings. The molecule has 0 heterocycles. The number of hydrogen-bond acceptors (Lipinski definition) is 3. The van der Waals surface area contributed by atoms with Crippen LogP contribution in [0.2, 0.25) is 0 Å². The lowest BCUT2D eigenvalue weighted by atomic mass is 10.2. The van der Waals surface area contributed by atoms with Gasteiger partial charge in [-0.15, -0.1) is 0 Å². The molecule has 0 amide bonds. The topological polar surface area (TPSA) is 35.5 Å². The van der Waals surface area contributed by atoms with E-state index in [1.165, 1.54) is 0 Å². The van der Waals surface area contributed by atoms with E-state index in [0.717, 1.165) is 19.4 Å². The fraction of sp³-hybridized carbons (Fsp3) is 0.909. The summed E-state index contributed by atoms with van der Waals surface area (Å²) in [5.74, 6) is 0.151. The molecule has 0 aromatic rings. The molecule has 0 aliphatic rings. The van der Waals surface area contributed by atoms with Gasteiger partial charge in [-0.25, -0.2) is 0 Å². The highest BCUT2D eigenvalue weighted by Crippen LogP contribution is 1.96. The van der Waals surface area contributed by atoms with Gasteiger partial charge in [0.2, 0.25) is 0 Å². The van der Waals surface area contributed by atoms with Gasteiger partial charge in [-0.2, -0.15) is 0 Å². The van der Waals surface area contributed by atoms with Gasteiger partial charge >= 0.3 is 0 Å². The van der Waals surface area contributed by atoms with Crippen LogP contribution in [-0.4, -0.2) is 31.7 Å². The molecule has 0 aliphatic heterocycles. The Morgan fingerprint density at radius 3 is 2.50 bits per heavy atom. The van der Waals surface area contributed by atoms with Crippen molar-refractivity contribution < 1.29 is 14.3 Å². The number of Topliss-reactive ketones (excluding diaryl/α,β-unsaturated/α-hetero) is 1. The van der Waals surface area contributed by atoms with E-state index >= 15 is 0 Å². The molecule has 0 aromatic heterocycles. The van der Waals surface area contributed by atoms with Gasteiger partial charge < -0.3 is 9.47 Å². The summed E-state index contributed by atoms with van der Waals surface area (Å²) < 4.78 is 10.6. The second-order valence-corrected chi connectivity index (χ2v) is 3.30. The van der Waals surface area contributed by atoms with E-state index in [4.69, 9.17) is 9.47 Å². The third-order valence-electron chi connectivity index (χ3n) is 2.04. The molecule has 0 bridgehead atoms. The molecule has 0 aromatic carbocycles. The summed E-state index contributed by atoms with van der Waals surface area (Å²) in [5, 5.41) is 0. The highest BCUT2D eigenvalue weighted by Gasteiger charge is 2.09. The molecule has 0 saturated carbocycles. The van der Waals surface area contributed by atoms with Gasteiger partial charge in [-0.05, 0) is 13.3 Å². The van der Waals surface area contributed by atoms with E-state index in [1.54, 1.807) is 6.92 Å². The minimum Gasteiger partial charge on any atom is -0.379 e. The van der Waals surface area contributed by atoms with Crippen LogP contribution in [0.1, 0.15) is 40.0 Å². The van der Waals surface area contributed by atoms with E-state index in [2.05, 4.69) is 6.92 Å². The molecular weight excluding hydrogens is 180 g/mol. The number of rotatable bonds is 9. The Labute approximate surface area is 86.8 Å². The van der Waals surface area contributed by atoms with Crippen LogP contribution in [0.3, 0.4) is 0 Å². The third kappa shape index (κ3) is 7.04. The van der Waals surface area contributed by atoms with Crippen molar-refractivity contribution in [3.8, 4) is 0 Å². The first-order chi connectivity index (χ1) is 6.72. The number of carbonyl (C=O) groups excluding carboxylic acids is 1. The van der Waals surface area contributed by atoms with Crippen LogP contribution in [0.4, 0.5) is 0 Å². The zero-order chi connectivity index (χ0) is 10.8. The van der Waals surface area contributed by atoms with E-state index in [1.807, 2.05) is 6.92 Å². The Kier molecular flexibility index (Phi) is 8.89. The van der Waals surface area contributed by atoms with Crippen LogP contribution in [0.25, 0.3) is 0 Å². The lowest BCUT2D eigenvalue weighted by Crippen LogP contribution is -2.21. The van der Waals surface area contributed by atoms with Gasteiger partial charge in [-0.1, -0.05) is 20.3 Å². The maximum atomic E-state index is 11.1. The Bertz CT molecular complexity index is 145. The highest BCUT2D eigenvalue weighted by molar-refractivity contribution is 5.82. The van der Waals surface area contributed by atoms with Crippen molar-refractivity contribution >= 4 is 5.78 Å². The Morgan fingerprint density at radius 2 is 1.93 bits per heavy atom.